The molecule has 0 unspecified atom stereocenters. The molecule has 3 heteroatoms. The number of hydrogen-bond acceptors (Lipinski definition) is 2. The Labute approximate surface area is 118 Å². The van der Waals surface area contributed by atoms with Gasteiger partial charge in [-0.25, -0.2) is 4.98 Å². The largest absolute Gasteiger partial charge is 0.378 e. The molecule has 1 aromatic heterocycles. The van der Waals surface area contributed by atoms with Gasteiger partial charge in [-0.3, -0.25) is 0 Å². The zero-order valence-electron chi connectivity index (χ0n) is 11.7. The zero-order valence-corrected chi connectivity index (χ0v) is 11.7. The fourth-order valence-corrected chi connectivity index (χ4v) is 2.15. The number of benzene rings is 2. The van der Waals surface area contributed by atoms with Crippen LogP contribution in [0.2, 0.25) is 0 Å². The molecule has 1 N–H and O–H groups in total. The Morgan fingerprint density at radius 2 is 1.55 bits per heavy atom. The molecule has 0 saturated carbocycles. The van der Waals surface area contributed by atoms with Gasteiger partial charge in [0, 0.05) is 25.3 Å². The SMILES string of the molecule is CN(C)c1ccc(-c2ncc(-c3ccccc3)[nH]2)cc1. The summed E-state index contributed by atoms with van der Waals surface area (Å²) in [5.74, 6) is 0.897. The van der Waals surface area contributed by atoms with Crippen molar-refractivity contribution in [3.8, 4) is 22.6 Å². The van der Waals surface area contributed by atoms with E-state index in [-0.39, 0.29) is 0 Å². The van der Waals surface area contributed by atoms with E-state index in [4.69, 9.17) is 0 Å². The van der Waals surface area contributed by atoms with E-state index in [2.05, 4.69) is 51.3 Å². The van der Waals surface area contributed by atoms with E-state index in [0.717, 1.165) is 22.6 Å². The Morgan fingerprint density at radius 3 is 2.20 bits per heavy atom. The molecule has 0 radical (unpaired) electrons. The smallest absolute Gasteiger partial charge is 0.137 e. The van der Waals surface area contributed by atoms with E-state index in [0.29, 0.717) is 0 Å². The molecule has 0 fully saturated rings. The second kappa shape index (κ2) is 5.21. The van der Waals surface area contributed by atoms with Crippen LogP contribution >= 0.6 is 0 Å². The standard InChI is InChI=1S/C17H17N3/c1-20(2)15-10-8-14(9-11-15)17-18-12-16(19-17)13-6-4-3-5-7-13/h3-12H,1-2H3,(H,18,19). The number of nitrogens with one attached hydrogen (secondary N) is 1. The molecule has 0 saturated heterocycles. The number of aromatic amines is 1. The molecule has 0 aliphatic carbocycles. The highest BCUT2D eigenvalue weighted by atomic mass is 15.1. The third-order valence-electron chi connectivity index (χ3n) is 3.32. The average Bonchev–Trinajstić information content (AvgIpc) is 2.98. The van der Waals surface area contributed by atoms with Gasteiger partial charge in [0.05, 0.1) is 11.9 Å². The van der Waals surface area contributed by atoms with Crippen molar-refractivity contribution in [2.24, 2.45) is 0 Å². The maximum Gasteiger partial charge on any atom is 0.137 e. The number of anilines is 1. The molecule has 100 valence electrons. The predicted octanol–water partition coefficient (Wildman–Crippen LogP) is 3.81. The minimum atomic E-state index is 0.897. The van der Waals surface area contributed by atoms with Crippen molar-refractivity contribution >= 4 is 5.69 Å². The Kier molecular flexibility index (Phi) is 3.25. The predicted molar refractivity (Wildman–Crippen MR) is 83.8 cm³/mol. The molecular weight excluding hydrogens is 246 g/mol. The first-order valence-electron chi connectivity index (χ1n) is 6.62. The maximum absolute atomic E-state index is 4.47. The molecule has 2 aromatic carbocycles. The molecule has 20 heavy (non-hydrogen) atoms. The number of aromatic nitrogens is 2. The van der Waals surface area contributed by atoms with Gasteiger partial charge < -0.3 is 9.88 Å². The van der Waals surface area contributed by atoms with Crippen molar-refractivity contribution in [2.45, 2.75) is 0 Å². The number of hydrogen-bond donors (Lipinski definition) is 1. The molecule has 0 aliphatic heterocycles. The fourth-order valence-electron chi connectivity index (χ4n) is 2.15. The Bertz CT molecular complexity index is 682. The summed E-state index contributed by atoms with van der Waals surface area (Å²) in [4.78, 5) is 9.92. The van der Waals surface area contributed by atoms with Gasteiger partial charge in [0.25, 0.3) is 0 Å². The van der Waals surface area contributed by atoms with Gasteiger partial charge in [-0.15, -0.1) is 0 Å². The molecule has 3 aromatic rings. The third kappa shape index (κ3) is 2.43. The van der Waals surface area contributed by atoms with Crippen LogP contribution in [0.3, 0.4) is 0 Å². The summed E-state index contributed by atoms with van der Waals surface area (Å²) in [6, 6.07) is 18.6. The first-order valence-corrected chi connectivity index (χ1v) is 6.62. The van der Waals surface area contributed by atoms with E-state index < -0.39 is 0 Å². The Morgan fingerprint density at radius 1 is 0.850 bits per heavy atom. The van der Waals surface area contributed by atoms with E-state index in [1.807, 2.05) is 38.5 Å². The lowest BCUT2D eigenvalue weighted by molar-refractivity contribution is 1.13. The van der Waals surface area contributed by atoms with Crippen molar-refractivity contribution in [1.82, 2.24) is 9.97 Å². The van der Waals surface area contributed by atoms with Gasteiger partial charge >= 0.3 is 0 Å². The lowest BCUT2D eigenvalue weighted by atomic mass is 10.2. The number of rotatable bonds is 3. The number of H-pyrrole nitrogens is 1. The third-order valence-corrected chi connectivity index (χ3v) is 3.32. The summed E-state index contributed by atoms with van der Waals surface area (Å²) in [5.41, 5.74) is 4.47. The first-order chi connectivity index (χ1) is 9.74. The van der Waals surface area contributed by atoms with Gasteiger partial charge in [-0.05, 0) is 29.8 Å². The summed E-state index contributed by atoms with van der Waals surface area (Å²) in [7, 11) is 4.07. The van der Waals surface area contributed by atoms with Crippen LogP contribution in [0.15, 0.2) is 60.8 Å². The lowest BCUT2D eigenvalue weighted by Gasteiger charge is -2.12. The Hall–Kier alpha value is -2.55. The summed E-state index contributed by atoms with van der Waals surface area (Å²) in [5, 5.41) is 0. The van der Waals surface area contributed by atoms with E-state index >= 15 is 0 Å². The molecule has 3 nitrogen and oxygen atoms in total. The highest BCUT2D eigenvalue weighted by Crippen LogP contribution is 2.23. The van der Waals surface area contributed by atoms with Gasteiger partial charge in [-0.2, -0.15) is 0 Å². The van der Waals surface area contributed by atoms with Crippen LogP contribution in [-0.2, 0) is 0 Å². The molecule has 0 atom stereocenters. The second-order valence-electron chi connectivity index (χ2n) is 4.95. The summed E-state index contributed by atoms with van der Waals surface area (Å²) in [6.45, 7) is 0. The first kappa shape index (κ1) is 12.5. The van der Waals surface area contributed by atoms with Crippen LogP contribution in [0.1, 0.15) is 0 Å². The average molecular weight is 263 g/mol. The van der Waals surface area contributed by atoms with E-state index in [9.17, 15) is 0 Å². The van der Waals surface area contributed by atoms with Crippen molar-refractivity contribution in [1.29, 1.82) is 0 Å². The summed E-state index contributed by atoms with van der Waals surface area (Å²) < 4.78 is 0. The maximum atomic E-state index is 4.47. The van der Waals surface area contributed by atoms with Crippen molar-refractivity contribution in [2.75, 3.05) is 19.0 Å². The van der Waals surface area contributed by atoms with Crippen molar-refractivity contribution in [3.63, 3.8) is 0 Å². The van der Waals surface area contributed by atoms with Crippen LogP contribution in [-0.4, -0.2) is 24.1 Å². The van der Waals surface area contributed by atoms with Crippen LogP contribution in [0.5, 0.6) is 0 Å². The minimum Gasteiger partial charge on any atom is -0.378 e. The van der Waals surface area contributed by atoms with Gasteiger partial charge in [-0.1, -0.05) is 30.3 Å². The van der Waals surface area contributed by atoms with Crippen LogP contribution < -0.4 is 4.90 Å². The van der Waals surface area contributed by atoms with E-state index in [1.54, 1.807) is 0 Å². The molecular formula is C17H17N3. The van der Waals surface area contributed by atoms with Crippen LogP contribution in [0, 0.1) is 0 Å². The summed E-state index contributed by atoms with van der Waals surface area (Å²) >= 11 is 0. The monoisotopic (exact) mass is 263 g/mol. The van der Waals surface area contributed by atoms with Crippen LogP contribution in [0.4, 0.5) is 5.69 Å². The number of imidazole rings is 1. The van der Waals surface area contributed by atoms with Crippen molar-refractivity contribution < 1.29 is 0 Å². The molecule has 3 rings (SSSR count). The normalized spacial score (nSPS) is 10.5. The molecule has 1 heterocycles. The van der Waals surface area contributed by atoms with Gasteiger partial charge in [0.1, 0.15) is 5.82 Å². The Balaban J connectivity index is 1.90. The molecule has 0 aliphatic rings. The summed E-state index contributed by atoms with van der Waals surface area (Å²) in [6.07, 6.45) is 1.88. The molecule has 0 bridgehead atoms. The highest BCUT2D eigenvalue weighted by molar-refractivity contribution is 5.65. The second-order valence-corrected chi connectivity index (χ2v) is 4.95. The fraction of sp³-hybridized carbons (Fsp3) is 0.118. The van der Waals surface area contributed by atoms with E-state index in [1.165, 1.54) is 5.69 Å². The van der Waals surface area contributed by atoms with Crippen molar-refractivity contribution in [3.05, 3.63) is 60.8 Å². The van der Waals surface area contributed by atoms with Gasteiger partial charge in [0.15, 0.2) is 0 Å². The zero-order chi connectivity index (χ0) is 13.9. The van der Waals surface area contributed by atoms with Gasteiger partial charge in [0.2, 0.25) is 0 Å². The highest BCUT2D eigenvalue weighted by Gasteiger charge is 2.05. The lowest BCUT2D eigenvalue weighted by Crippen LogP contribution is -2.07. The molecule has 0 spiro atoms. The molecule has 0 amide bonds. The quantitative estimate of drug-likeness (QED) is 0.779. The minimum absolute atomic E-state index is 0.897. The number of nitrogens with zero attached hydrogens (tertiary/aromatic N) is 2. The van der Waals surface area contributed by atoms with Crippen LogP contribution in [0.25, 0.3) is 22.6 Å². The topological polar surface area (TPSA) is 31.9 Å².